The molecule has 3 aromatic rings. The van der Waals surface area contributed by atoms with Gasteiger partial charge in [0.05, 0.1) is 20.3 Å². The second-order valence-corrected chi connectivity index (χ2v) is 9.52. The van der Waals surface area contributed by atoms with Crippen molar-refractivity contribution in [2.75, 3.05) is 20.3 Å². The number of alkyl carbamates (subject to hydrolysis) is 1. The molecule has 9 nitrogen and oxygen atoms in total. The van der Waals surface area contributed by atoms with Gasteiger partial charge in [0, 0.05) is 5.92 Å². The van der Waals surface area contributed by atoms with E-state index in [4.69, 9.17) is 13.8 Å². The van der Waals surface area contributed by atoms with E-state index in [2.05, 4.69) is 10.1 Å². The molecule has 1 amide bonds. The van der Waals surface area contributed by atoms with Gasteiger partial charge in [0.1, 0.15) is 6.61 Å². The SMILES string of the molecule is COC(=O)[C@H](COP(=O)(O)OCc1ccccc1)NC(=O)OCC1c2ccccc2-c2ccccc21. The second kappa shape index (κ2) is 11.5. The molecule has 2 atom stereocenters. The first-order valence-electron chi connectivity index (χ1n) is 11.2. The third kappa shape index (κ3) is 6.19. The van der Waals surface area contributed by atoms with Gasteiger partial charge in [-0.2, -0.15) is 0 Å². The van der Waals surface area contributed by atoms with Crippen LogP contribution in [0, 0.1) is 0 Å². The predicted octanol–water partition coefficient (Wildman–Crippen LogP) is 4.40. The Balaban J connectivity index is 1.34. The average Bonchev–Trinajstić information content (AvgIpc) is 3.22. The lowest BCUT2D eigenvalue weighted by atomic mass is 9.98. The van der Waals surface area contributed by atoms with E-state index in [-0.39, 0.29) is 19.1 Å². The van der Waals surface area contributed by atoms with E-state index in [1.807, 2.05) is 48.5 Å². The van der Waals surface area contributed by atoms with Gasteiger partial charge in [0.25, 0.3) is 0 Å². The maximum absolute atomic E-state index is 12.5. The number of methoxy groups -OCH3 is 1. The van der Waals surface area contributed by atoms with Crippen LogP contribution in [-0.4, -0.2) is 43.3 Å². The number of esters is 1. The minimum absolute atomic E-state index is 0.0350. The summed E-state index contributed by atoms with van der Waals surface area (Å²) in [5.41, 5.74) is 4.90. The molecule has 10 heteroatoms. The Morgan fingerprint density at radius 1 is 0.917 bits per heavy atom. The van der Waals surface area contributed by atoms with E-state index in [0.717, 1.165) is 29.4 Å². The van der Waals surface area contributed by atoms with Crippen LogP contribution in [0.25, 0.3) is 11.1 Å². The van der Waals surface area contributed by atoms with Gasteiger partial charge in [-0.25, -0.2) is 14.2 Å². The Morgan fingerprint density at radius 2 is 1.50 bits per heavy atom. The summed E-state index contributed by atoms with van der Waals surface area (Å²) in [4.78, 5) is 34.6. The Morgan fingerprint density at radius 3 is 2.11 bits per heavy atom. The van der Waals surface area contributed by atoms with Gasteiger partial charge >= 0.3 is 19.9 Å². The third-order valence-electron chi connectivity index (χ3n) is 5.76. The van der Waals surface area contributed by atoms with Gasteiger partial charge in [0.15, 0.2) is 6.04 Å². The molecule has 0 aromatic heterocycles. The van der Waals surface area contributed by atoms with Crippen molar-refractivity contribution in [1.29, 1.82) is 0 Å². The quantitative estimate of drug-likeness (QED) is 0.304. The fourth-order valence-electron chi connectivity index (χ4n) is 4.03. The number of amides is 1. The van der Waals surface area contributed by atoms with E-state index in [1.165, 1.54) is 0 Å². The lowest BCUT2D eigenvalue weighted by molar-refractivity contribution is -0.143. The molecule has 0 saturated carbocycles. The van der Waals surface area contributed by atoms with Gasteiger partial charge in [-0.1, -0.05) is 78.9 Å². The van der Waals surface area contributed by atoms with Crippen LogP contribution >= 0.6 is 7.82 Å². The number of carbonyl (C=O) groups excluding carboxylic acids is 2. The monoisotopic (exact) mass is 511 g/mol. The normalized spacial score (nSPS) is 14.7. The van der Waals surface area contributed by atoms with Crippen LogP contribution < -0.4 is 5.32 Å². The Bertz CT molecular complexity index is 1220. The van der Waals surface area contributed by atoms with Gasteiger partial charge < -0.3 is 19.7 Å². The number of carbonyl (C=O) groups is 2. The first-order valence-corrected chi connectivity index (χ1v) is 12.7. The lowest BCUT2D eigenvalue weighted by Gasteiger charge is -2.19. The minimum atomic E-state index is -4.51. The molecule has 0 fully saturated rings. The Kier molecular flexibility index (Phi) is 8.18. The highest BCUT2D eigenvalue weighted by atomic mass is 31.2. The number of phosphoric acid groups is 1. The van der Waals surface area contributed by atoms with Gasteiger partial charge in [-0.05, 0) is 27.8 Å². The number of nitrogens with one attached hydrogen (secondary N) is 1. The van der Waals surface area contributed by atoms with Crippen LogP contribution in [0.2, 0.25) is 0 Å². The number of rotatable bonds is 10. The summed E-state index contributed by atoms with van der Waals surface area (Å²) in [6.07, 6.45) is -0.895. The molecule has 188 valence electrons. The van der Waals surface area contributed by atoms with Crippen molar-refractivity contribution < 1.29 is 37.6 Å². The highest BCUT2D eigenvalue weighted by Crippen LogP contribution is 2.45. The smallest absolute Gasteiger partial charge is 0.467 e. The molecule has 1 unspecified atom stereocenters. The van der Waals surface area contributed by atoms with Crippen molar-refractivity contribution in [2.24, 2.45) is 0 Å². The maximum atomic E-state index is 12.5. The molecule has 4 rings (SSSR count). The summed E-state index contributed by atoms with van der Waals surface area (Å²) in [7, 11) is -3.39. The first kappa shape index (κ1) is 25.6. The molecule has 0 saturated heterocycles. The second-order valence-electron chi connectivity index (χ2n) is 8.07. The summed E-state index contributed by atoms with van der Waals surface area (Å²) in [5, 5.41) is 2.34. The van der Waals surface area contributed by atoms with Crippen molar-refractivity contribution in [3.63, 3.8) is 0 Å². The van der Waals surface area contributed by atoms with Crippen LogP contribution in [0.15, 0.2) is 78.9 Å². The number of phosphoric ester groups is 1. The summed E-state index contributed by atoms with van der Waals surface area (Å²) in [6, 6.07) is 23.1. The average molecular weight is 511 g/mol. The maximum Gasteiger partial charge on any atom is 0.472 e. The molecule has 2 N–H and O–H groups in total. The number of hydrogen-bond acceptors (Lipinski definition) is 7. The summed E-state index contributed by atoms with van der Waals surface area (Å²) in [6.45, 7) is -0.788. The number of benzene rings is 3. The van der Waals surface area contributed by atoms with Crippen molar-refractivity contribution in [1.82, 2.24) is 5.32 Å². The molecule has 1 aliphatic rings. The largest absolute Gasteiger partial charge is 0.472 e. The molecule has 0 heterocycles. The lowest BCUT2D eigenvalue weighted by Crippen LogP contribution is -2.45. The topological polar surface area (TPSA) is 120 Å². The minimum Gasteiger partial charge on any atom is -0.467 e. The van der Waals surface area contributed by atoms with Crippen LogP contribution in [0.3, 0.4) is 0 Å². The van der Waals surface area contributed by atoms with E-state index in [0.29, 0.717) is 5.56 Å². The van der Waals surface area contributed by atoms with Crippen LogP contribution in [0.5, 0.6) is 0 Å². The molecule has 0 aliphatic heterocycles. The molecular weight excluding hydrogens is 485 g/mol. The Labute approximate surface area is 208 Å². The molecule has 3 aromatic carbocycles. The zero-order chi connectivity index (χ0) is 25.5. The zero-order valence-corrected chi connectivity index (χ0v) is 20.4. The highest BCUT2D eigenvalue weighted by molar-refractivity contribution is 7.47. The molecule has 0 spiro atoms. The third-order valence-corrected chi connectivity index (χ3v) is 6.69. The molecule has 0 radical (unpaired) electrons. The van der Waals surface area contributed by atoms with E-state index in [9.17, 15) is 19.0 Å². The molecular formula is C26H26NO8P. The summed E-state index contributed by atoms with van der Waals surface area (Å²) < 4.78 is 32.2. The summed E-state index contributed by atoms with van der Waals surface area (Å²) in [5.74, 6) is -1.04. The van der Waals surface area contributed by atoms with Crippen molar-refractivity contribution in [3.05, 3.63) is 95.6 Å². The van der Waals surface area contributed by atoms with Crippen molar-refractivity contribution in [2.45, 2.75) is 18.6 Å². The van der Waals surface area contributed by atoms with Crippen LogP contribution in [0.4, 0.5) is 4.79 Å². The van der Waals surface area contributed by atoms with E-state index >= 15 is 0 Å². The molecule has 36 heavy (non-hydrogen) atoms. The van der Waals surface area contributed by atoms with Crippen LogP contribution in [-0.2, 0) is 34.5 Å². The summed E-state index contributed by atoms with van der Waals surface area (Å²) >= 11 is 0. The zero-order valence-electron chi connectivity index (χ0n) is 19.5. The fourth-order valence-corrected chi connectivity index (χ4v) is 4.75. The number of hydrogen-bond donors (Lipinski definition) is 2. The van der Waals surface area contributed by atoms with Crippen molar-refractivity contribution in [3.8, 4) is 11.1 Å². The van der Waals surface area contributed by atoms with E-state index in [1.54, 1.807) is 30.3 Å². The van der Waals surface area contributed by atoms with Gasteiger partial charge in [-0.15, -0.1) is 0 Å². The van der Waals surface area contributed by atoms with Gasteiger partial charge in [-0.3, -0.25) is 9.05 Å². The standard InChI is InChI=1S/C26H26NO8P/c1-32-25(28)24(17-35-36(30,31)34-15-18-9-3-2-4-10-18)27-26(29)33-16-23-21-13-7-5-11-19(21)20-12-6-8-14-22(20)23/h2-14,23-24H,15-17H2,1H3,(H,27,29)(H,30,31)/t24-/m0/s1. The van der Waals surface area contributed by atoms with E-state index < -0.39 is 32.5 Å². The molecule has 0 bridgehead atoms. The highest BCUT2D eigenvalue weighted by Gasteiger charge is 2.31. The number of fused-ring (bicyclic) bond motifs is 3. The van der Waals surface area contributed by atoms with Crippen molar-refractivity contribution >= 4 is 19.9 Å². The number of ether oxygens (including phenoxy) is 2. The fraction of sp³-hybridized carbons (Fsp3) is 0.231. The Hall–Kier alpha value is -3.49. The predicted molar refractivity (Wildman–Crippen MR) is 131 cm³/mol. The van der Waals surface area contributed by atoms with Crippen LogP contribution in [0.1, 0.15) is 22.6 Å². The first-order chi connectivity index (χ1) is 17.4. The molecule has 1 aliphatic carbocycles. The van der Waals surface area contributed by atoms with Gasteiger partial charge in [0.2, 0.25) is 0 Å².